The summed E-state index contributed by atoms with van der Waals surface area (Å²) in [4.78, 5) is 10.1. The van der Waals surface area contributed by atoms with E-state index in [-0.39, 0.29) is 5.84 Å². The Bertz CT molecular complexity index is 567. The lowest BCUT2D eigenvalue weighted by molar-refractivity contribution is 1.07. The number of benzene rings is 1. The van der Waals surface area contributed by atoms with E-state index in [9.17, 15) is 0 Å². The van der Waals surface area contributed by atoms with Gasteiger partial charge in [-0.1, -0.05) is 0 Å². The number of anilines is 2. The molecular weight excluding hydrogens is 294 g/mol. The Labute approximate surface area is 113 Å². The van der Waals surface area contributed by atoms with Gasteiger partial charge < -0.3 is 10.6 Å². The summed E-state index contributed by atoms with van der Waals surface area (Å²) in [6.45, 7) is 0. The quantitative estimate of drug-likeness (QED) is 0.673. The summed E-state index contributed by atoms with van der Waals surface area (Å²) in [6, 6.07) is 7.41. The van der Waals surface area contributed by atoms with Crippen molar-refractivity contribution in [3.63, 3.8) is 0 Å². The van der Waals surface area contributed by atoms with Crippen LogP contribution in [0.15, 0.2) is 41.3 Å². The third kappa shape index (κ3) is 2.48. The Kier molecular flexibility index (Phi) is 3.57. The van der Waals surface area contributed by atoms with Gasteiger partial charge in [0.15, 0.2) is 5.82 Å². The molecule has 0 bridgehead atoms. The van der Waals surface area contributed by atoms with Crippen LogP contribution >= 0.6 is 15.9 Å². The second-order valence-electron chi connectivity index (χ2n) is 3.71. The molecule has 1 aromatic heterocycles. The van der Waals surface area contributed by atoms with Crippen molar-refractivity contribution in [2.24, 2.45) is 5.73 Å². The number of amidine groups is 1. The maximum atomic E-state index is 7.35. The summed E-state index contributed by atoms with van der Waals surface area (Å²) in [5, 5.41) is 7.35. The lowest BCUT2D eigenvalue weighted by Crippen LogP contribution is -2.14. The lowest BCUT2D eigenvalue weighted by atomic mass is 10.2. The van der Waals surface area contributed by atoms with E-state index in [0.29, 0.717) is 5.56 Å². The number of hydrogen-bond donors (Lipinski definition) is 2. The number of nitrogen functional groups attached to an aromatic ring is 1. The Morgan fingerprint density at radius 1 is 1.33 bits per heavy atom. The summed E-state index contributed by atoms with van der Waals surface area (Å²) in [5.74, 6) is 0.841. The molecule has 0 fully saturated rings. The molecule has 0 radical (unpaired) electrons. The van der Waals surface area contributed by atoms with Crippen molar-refractivity contribution in [2.45, 2.75) is 0 Å². The van der Waals surface area contributed by atoms with E-state index in [1.54, 1.807) is 6.20 Å². The molecule has 0 amide bonds. The third-order valence-corrected chi connectivity index (χ3v) is 3.09. The van der Waals surface area contributed by atoms with Gasteiger partial charge in [-0.2, -0.15) is 0 Å². The number of nitrogens with one attached hydrogen (secondary N) is 1. The summed E-state index contributed by atoms with van der Waals surface area (Å²) in [7, 11) is 1.91. The average Bonchev–Trinajstić information content (AvgIpc) is 2.38. The van der Waals surface area contributed by atoms with Crippen LogP contribution in [0, 0.1) is 5.41 Å². The van der Waals surface area contributed by atoms with Crippen molar-refractivity contribution in [1.29, 1.82) is 5.41 Å². The topological polar surface area (TPSA) is 78.9 Å². The Hall–Kier alpha value is -1.95. The second kappa shape index (κ2) is 5.14. The smallest absolute Gasteiger partial charge is 0.150 e. The molecule has 3 N–H and O–H groups in total. The molecule has 0 atom stereocenters. The highest BCUT2D eigenvalue weighted by molar-refractivity contribution is 9.10. The third-order valence-electron chi connectivity index (χ3n) is 2.53. The van der Waals surface area contributed by atoms with Gasteiger partial charge in [0.1, 0.15) is 12.2 Å². The molecule has 2 rings (SSSR count). The van der Waals surface area contributed by atoms with Gasteiger partial charge in [-0.25, -0.2) is 9.97 Å². The highest BCUT2D eigenvalue weighted by Gasteiger charge is 2.09. The number of hydrogen-bond acceptors (Lipinski definition) is 4. The fourth-order valence-corrected chi connectivity index (χ4v) is 2.03. The molecule has 5 nitrogen and oxygen atoms in total. The van der Waals surface area contributed by atoms with Crippen molar-refractivity contribution in [1.82, 2.24) is 9.97 Å². The maximum absolute atomic E-state index is 7.35. The summed E-state index contributed by atoms with van der Waals surface area (Å²) < 4.78 is 0.822. The molecule has 92 valence electrons. The fraction of sp³-hybridized carbons (Fsp3) is 0.0833. The molecule has 0 aliphatic heterocycles. The molecule has 6 heteroatoms. The van der Waals surface area contributed by atoms with Gasteiger partial charge >= 0.3 is 0 Å². The van der Waals surface area contributed by atoms with Crippen molar-refractivity contribution in [3.8, 4) is 0 Å². The zero-order valence-corrected chi connectivity index (χ0v) is 11.3. The molecule has 1 aromatic carbocycles. The van der Waals surface area contributed by atoms with Crippen LogP contribution in [0.25, 0.3) is 0 Å². The summed E-state index contributed by atoms with van der Waals surface area (Å²) in [6.07, 6.45) is 3.20. The van der Waals surface area contributed by atoms with Gasteiger partial charge in [-0.05, 0) is 40.2 Å². The van der Waals surface area contributed by atoms with Crippen LogP contribution in [0.4, 0.5) is 11.5 Å². The lowest BCUT2D eigenvalue weighted by Gasteiger charge is -2.19. The van der Waals surface area contributed by atoms with Gasteiger partial charge in [0.2, 0.25) is 0 Å². The Morgan fingerprint density at radius 2 is 2.00 bits per heavy atom. The van der Waals surface area contributed by atoms with Gasteiger partial charge in [0.25, 0.3) is 0 Å². The Balaban J connectivity index is 2.32. The van der Waals surface area contributed by atoms with E-state index < -0.39 is 0 Å². The molecule has 0 unspecified atom stereocenters. The normalized spacial score (nSPS) is 10.1. The molecule has 0 spiro atoms. The van der Waals surface area contributed by atoms with E-state index in [0.717, 1.165) is 16.0 Å². The molecule has 0 saturated carbocycles. The van der Waals surface area contributed by atoms with E-state index in [1.165, 1.54) is 6.33 Å². The maximum Gasteiger partial charge on any atom is 0.150 e. The van der Waals surface area contributed by atoms with E-state index in [4.69, 9.17) is 11.1 Å². The zero-order valence-electron chi connectivity index (χ0n) is 9.76. The van der Waals surface area contributed by atoms with Crippen LogP contribution in [0.1, 0.15) is 5.56 Å². The van der Waals surface area contributed by atoms with E-state index in [2.05, 4.69) is 25.9 Å². The van der Waals surface area contributed by atoms with E-state index >= 15 is 0 Å². The minimum Gasteiger partial charge on any atom is -0.384 e. The first-order valence-corrected chi connectivity index (χ1v) is 6.02. The zero-order chi connectivity index (χ0) is 13.1. The largest absolute Gasteiger partial charge is 0.384 e. The molecule has 0 aliphatic rings. The van der Waals surface area contributed by atoms with Crippen molar-refractivity contribution in [3.05, 3.63) is 46.8 Å². The van der Waals surface area contributed by atoms with Crippen molar-refractivity contribution >= 4 is 33.3 Å². The molecular formula is C12H12BrN5. The summed E-state index contributed by atoms with van der Waals surface area (Å²) >= 11 is 3.41. The minimum atomic E-state index is 0.0624. The first-order valence-electron chi connectivity index (χ1n) is 5.23. The first-order chi connectivity index (χ1) is 8.59. The molecule has 2 aromatic rings. The van der Waals surface area contributed by atoms with Crippen LogP contribution in [0.3, 0.4) is 0 Å². The SMILES string of the molecule is CN(c1ccc(C(=N)N)cc1)c1ncncc1Br. The van der Waals surface area contributed by atoms with Crippen molar-refractivity contribution in [2.75, 3.05) is 11.9 Å². The number of nitrogens with zero attached hydrogens (tertiary/aromatic N) is 3. The van der Waals surface area contributed by atoms with Crippen LogP contribution < -0.4 is 10.6 Å². The Morgan fingerprint density at radius 3 is 2.56 bits per heavy atom. The summed E-state index contributed by atoms with van der Waals surface area (Å²) in [5.41, 5.74) is 7.08. The monoisotopic (exact) mass is 305 g/mol. The van der Waals surface area contributed by atoms with Gasteiger partial charge in [0.05, 0.1) is 4.47 Å². The molecule has 0 aliphatic carbocycles. The predicted molar refractivity (Wildman–Crippen MR) is 75.3 cm³/mol. The predicted octanol–water partition coefficient (Wildman–Crippen LogP) is 2.29. The second-order valence-corrected chi connectivity index (χ2v) is 4.57. The van der Waals surface area contributed by atoms with Crippen LogP contribution in [-0.4, -0.2) is 22.9 Å². The highest BCUT2D eigenvalue weighted by atomic mass is 79.9. The number of rotatable bonds is 3. The highest BCUT2D eigenvalue weighted by Crippen LogP contribution is 2.27. The van der Waals surface area contributed by atoms with Crippen LogP contribution in [0.2, 0.25) is 0 Å². The standard InChI is InChI=1S/C12H12BrN5/c1-18(12-10(13)6-16-7-17-12)9-4-2-8(3-5-9)11(14)15/h2-7H,1H3,(H3,14,15). The first kappa shape index (κ1) is 12.5. The number of aromatic nitrogens is 2. The van der Waals surface area contributed by atoms with Gasteiger partial charge in [-0.3, -0.25) is 5.41 Å². The molecule has 0 saturated heterocycles. The number of nitrogens with two attached hydrogens (primary N) is 1. The average molecular weight is 306 g/mol. The van der Waals surface area contributed by atoms with Crippen LogP contribution in [-0.2, 0) is 0 Å². The van der Waals surface area contributed by atoms with Gasteiger partial charge in [0, 0.05) is 24.5 Å². The molecule has 1 heterocycles. The van der Waals surface area contributed by atoms with Gasteiger partial charge in [-0.15, -0.1) is 0 Å². The van der Waals surface area contributed by atoms with Crippen LogP contribution in [0.5, 0.6) is 0 Å². The molecule has 18 heavy (non-hydrogen) atoms. The fourth-order valence-electron chi connectivity index (χ4n) is 1.54. The van der Waals surface area contributed by atoms with E-state index in [1.807, 2.05) is 36.2 Å². The van der Waals surface area contributed by atoms with Crippen molar-refractivity contribution < 1.29 is 0 Å². The number of halogens is 1. The minimum absolute atomic E-state index is 0.0624.